The van der Waals surface area contributed by atoms with Crippen LogP contribution < -0.4 is 14.9 Å². The van der Waals surface area contributed by atoms with Crippen LogP contribution in [0.15, 0.2) is 41.6 Å². The molecule has 1 saturated heterocycles. The van der Waals surface area contributed by atoms with Gasteiger partial charge in [-0.05, 0) is 50.5 Å². The summed E-state index contributed by atoms with van der Waals surface area (Å²) in [5.74, 6) is 0.574. The number of aromatic nitrogens is 2. The lowest BCUT2D eigenvalue weighted by atomic mass is 9.90. The molecule has 3 rings (SSSR count). The number of sulfonamides is 1. The molecule has 0 bridgehead atoms. The van der Waals surface area contributed by atoms with Crippen LogP contribution in [0, 0.1) is 5.92 Å². The quantitative estimate of drug-likeness (QED) is 0.789. The van der Waals surface area contributed by atoms with E-state index in [-0.39, 0.29) is 16.1 Å². The Morgan fingerprint density at radius 2 is 2.00 bits per heavy atom. The van der Waals surface area contributed by atoms with Crippen molar-refractivity contribution < 1.29 is 13.2 Å². The van der Waals surface area contributed by atoms with Crippen LogP contribution in [0.3, 0.4) is 0 Å². The fraction of sp³-hybridized carbons (Fsp3) is 0.421. The van der Waals surface area contributed by atoms with E-state index in [2.05, 4.69) is 45.7 Å². The largest absolute Gasteiger partial charge is 0.373 e. The lowest BCUT2D eigenvalue weighted by Gasteiger charge is -2.36. The summed E-state index contributed by atoms with van der Waals surface area (Å²) in [5, 5.41) is 2.55. The molecule has 1 amide bonds. The van der Waals surface area contributed by atoms with E-state index in [1.54, 1.807) is 37.5 Å². The van der Waals surface area contributed by atoms with Gasteiger partial charge in [0.2, 0.25) is 0 Å². The molecule has 8 nitrogen and oxygen atoms in total. The molecule has 2 aromatic rings. The monoisotopic (exact) mass is 403 g/mol. The minimum absolute atomic E-state index is 0.190. The van der Waals surface area contributed by atoms with Gasteiger partial charge in [-0.1, -0.05) is 13.0 Å². The Bertz CT molecular complexity index is 991. The number of nitrogens with zero attached hydrogens (tertiary/aromatic N) is 3. The van der Waals surface area contributed by atoms with Gasteiger partial charge in [0, 0.05) is 25.3 Å². The highest BCUT2D eigenvalue weighted by molar-refractivity contribution is 7.90. The third-order valence-electron chi connectivity index (χ3n) is 5.46. The SMILES string of the molecule is CNc1cccc(S(=O)(=O)NC(=O)c2cccnc2N2CCC(C)C2(C)C)n1. The van der Waals surface area contributed by atoms with Crippen molar-refractivity contribution in [2.45, 2.75) is 37.8 Å². The van der Waals surface area contributed by atoms with Gasteiger partial charge in [0.1, 0.15) is 11.6 Å². The van der Waals surface area contributed by atoms with Crippen LogP contribution in [-0.4, -0.2) is 43.4 Å². The summed E-state index contributed by atoms with van der Waals surface area (Å²) in [7, 11) is -2.48. The lowest BCUT2D eigenvalue weighted by Crippen LogP contribution is -2.43. The Kier molecular flexibility index (Phi) is 5.29. The highest BCUT2D eigenvalue weighted by Crippen LogP contribution is 2.38. The average Bonchev–Trinajstić information content (AvgIpc) is 2.94. The van der Waals surface area contributed by atoms with Crippen molar-refractivity contribution in [1.29, 1.82) is 0 Å². The predicted molar refractivity (Wildman–Crippen MR) is 108 cm³/mol. The maximum Gasteiger partial charge on any atom is 0.281 e. The Balaban J connectivity index is 1.92. The topological polar surface area (TPSA) is 104 Å². The molecule has 28 heavy (non-hydrogen) atoms. The predicted octanol–water partition coefficient (Wildman–Crippen LogP) is 2.26. The van der Waals surface area contributed by atoms with Gasteiger partial charge in [-0.3, -0.25) is 4.79 Å². The van der Waals surface area contributed by atoms with Gasteiger partial charge in [0.15, 0.2) is 5.03 Å². The Labute approximate surface area is 165 Å². The summed E-state index contributed by atoms with van der Waals surface area (Å²) < 4.78 is 27.4. The standard InChI is InChI=1S/C19H25N5O3S/c1-13-10-12-24(19(13,2)3)17-14(7-6-11-21-17)18(25)23-28(26,27)16-9-5-8-15(20-4)22-16/h5-9,11,13H,10,12H2,1-4H3,(H,20,22)(H,23,25). The van der Waals surface area contributed by atoms with E-state index in [0.29, 0.717) is 17.6 Å². The molecule has 0 radical (unpaired) electrons. The highest BCUT2D eigenvalue weighted by atomic mass is 32.2. The van der Waals surface area contributed by atoms with Crippen molar-refractivity contribution >= 4 is 27.6 Å². The second-order valence-electron chi connectivity index (χ2n) is 7.42. The zero-order chi connectivity index (χ0) is 20.5. The van der Waals surface area contributed by atoms with Crippen LogP contribution in [0.1, 0.15) is 37.6 Å². The molecule has 0 saturated carbocycles. The van der Waals surface area contributed by atoms with E-state index in [1.807, 2.05) is 0 Å². The van der Waals surface area contributed by atoms with Crippen molar-refractivity contribution in [3.05, 3.63) is 42.1 Å². The van der Waals surface area contributed by atoms with Crippen molar-refractivity contribution in [1.82, 2.24) is 14.7 Å². The maximum atomic E-state index is 12.9. The van der Waals surface area contributed by atoms with Gasteiger partial charge in [-0.25, -0.2) is 14.7 Å². The molecule has 3 heterocycles. The number of rotatable bonds is 5. The van der Waals surface area contributed by atoms with E-state index < -0.39 is 15.9 Å². The molecule has 2 N–H and O–H groups in total. The highest BCUT2D eigenvalue weighted by Gasteiger charge is 2.40. The van der Waals surface area contributed by atoms with Crippen molar-refractivity contribution in [3.63, 3.8) is 0 Å². The number of pyridine rings is 2. The van der Waals surface area contributed by atoms with E-state index in [0.717, 1.165) is 13.0 Å². The molecule has 1 aliphatic rings. The first-order valence-electron chi connectivity index (χ1n) is 9.11. The molecule has 2 aromatic heterocycles. The number of amides is 1. The Morgan fingerprint density at radius 3 is 2.64 bits per heavy atom. The molecule has 1 unspecified atom stereocenters. The van der Waals surface area contributed by atoms with Crippen LogP contribution >= 0.6 is 0 Å². The first kappa shape index (κ1) is 20.1. The number of nitrogens with one attached hydrogen (secondary N) is 2. The summed E-state index contributed by atoms with van der Waals surface area (Å²) in [6.45, 7) is 7.12. The van der Waals surface area contributed by atoms with Crippen LogP contribution in [0.5, 0.6) is 0 Å². The van der Waals surface area contributed by atoms with Crippen LogP contribution in [0.25, 0.3) is 0 Å². The molecule has 0 spiro atoms. The zero-order valence-corrected chi connectivity index (χ0v) is 17.2. The zero-order valence-electron chi connectivity index (χ0n) is 16.4. The first-order valence-corrected chi connectivity index (χ1v) is 10.6. The Hall–Kier alpha value is -2.68. The number of hydrogen-bond acceptors (Lipinski definition) is 7. The molecule has 1 aliphatic heterocycles. The molecule has 150 valence electrons. The van der Waals surface area contributed by atoms with Gasteiger partial charge in [-0.15, -0.1) is 0 Å². The fourth-order valence-electron chi connectivity index (χ4n) is 3.33. The molecule has 0 aromatic carbocycles. The van der Waals surface area contributed by atoms with Crippen LogP contribution in [0.4, 0.5) is 11.6 Å². The average molecular weight is 404 g/mol. The van der Waals surface area contributed by atoms with Gasteiger partial charge in [-0.2, -0.15) is 8.42 Å². The number of hydrogen-bond donors (Lipinski definition) is 2. The first-order chi connectivity index (χ1) is 13.2. The van der Waals surface area contributed by atoms with Gasteiger partial charge in [0.25, 0.3) is 15.9 Å². The van der Waals surface area contributed by atoms with E-state index in [1.165, 1.54) is 6.07 Å². The van der Waals surface area contributed by atoms with Crippen molar-refractivity contribution in [3.8, 4) is 0 Å². The molecular formula is C19H25N5O3S. The minimum atomic E-state index is -4.12. The van der Waals surface area contributed by atoms with E-state index in [9.17, 15) is 13.2 Å². The third kappa shape index (κ3) is 3.66. The summed E-state index contributed by atoms with van der Waals surface area (Å²) in [6, 6.07) is 7.74. The molecule has 1 atom stereocenters. The normalized spacial score (nSPS) is 18.7. The third-order valence-corrected chi connectivity index (χ3v) is 6.69. The summed E-state index contributed by atoms with van der Waals surface area (Å²) >= 11 is 0. The van der Waals surface area contributed by atoms with E-state index in [4.69, 9.17) is 0 Å². The lowest BCUT2D eigenvalue weighted by molar-refractivity contribution is 0.0981. The minimum Gasteiger partial charge on any atom is -0.373 e. The number of anilines is 2. The van der Waals surface area contributed by atoms with Crippen molar-refractivity contribution in [2.24, 2.45) is 5.92 Å². The number of carbonyl (C=O) groups excluding carboxylic acids is 1. The number of carbonyl (C=O) groups is 1. The maximum absolute atomic E-state index is 12.9. The Morgan fingerprint density at radius 1 is 1.25 bits per heavy atom. The molecule has 0 aliphatic carbocycles. The van der Waals surface area contributed by atoms with E-state index >= 15 is 0 Å². The van der Waals surface area contributed by atoms with Gasteiger partial charge >= 0.3 is 0 Å². The molecule has 1 fully saturated rings. The summed E-state index contributed by atoms with van der Waals surface area (Å²) in [6.07, 6.45) is 2.58. The van der Waals surface area contributed by atoms with Crippen molar-refractivity contribution in [2.75, 3.05) is 23.8 Å². The summed E-state index contributed by atoms with van der Waals surface area (Å²) in [5.41, 5.74) is 0.0308. The second kappa shape index (κ2) is 7.38. The van der Waals surface area contributed by atoms with Gasteiger partial charge in [0.05, 0.1) is 5.56 Å². The van der Waals surface area contributed by atoms with Gasteiger partial charge < -0.3 is 10.2 Å². The smallest absolute Gasteiger partial charge is 0.281 e. The molecule has 9 heteroatoms. The summed E-state index contributed by atoms with van der Waals surface area (Å²) in [4.78, 5) is 23.3. The van der Waals surface area contributed by atoms with Crippen LogP contribution in [-0.2, 0) is 10.0 Å². The molecular weight excluding hydrogens is 378 g/mol. The second-order valence-corrected chi connectivity index (χ2v) is 9.04. The van der Waals surface area contributed by atoms with Crippen LogP contribution in [0.2, 0.25) is 0 Å². The fourth-order valence-corrected chi connectivity index (χ4v) is 4.27.